The average molecular weight is 413 g/mol. The Hall–Kier alpha value is -3.12. The number of carbonyl (C=O) groups is 2. The fourth-order valence-electron chi connectivity index (χ4n) is 2.70. The van der Waals surface area contributed by atoms with Crippen LogP contribution in [0.15, 0.2) is 48.5 Å². The molecule has 0 saturated carbocycles. The second kappa shape index (κ2) is 9.39. The maximum atomic E-state index is 11.9. The van der Waals surface area contributed by atoms with Gasteiger partial charge in [-0.1, -0.05) is 41.9 Å². The normalized spacial score (nSPS) is 10.6. The van der Waals surface area contributed by atoms with Crippen LogP contribution in [0.3, 0.4) is 0 Å². The van der Waals surface area contributed by atoms with Gasteiger partial charge in [0.2, 0.25) is 0 Å². The van der Waals surface area contributed by atoms with Crippen molar-refractivity contribution in [2.24, 2.45) is 0 Å². The van der Waals surface area contributed by atoms with E-state index in [1.165, 1.54) is 0 Å². The van der Waals surface area contributed by atoms with Gasteiger partial charge in [-0.25, -0.2) is 4.98 Å². The van der Waals surface area contributed by atoms with Crippen molar-refractivity contribution in [2.45, 2.75) is 20.5 Å². The topological polar surface area (TPSA) is 77.5 Å². The van der Waals surface area contributed by atoms with Crippen molar-refractivity contribution in [3.05, 3.63) is 70.4 Å². The molecule has 1 aromatic heterocycles. The van der Waals surface area contributed by atoms with Gasteiger partial charge in [0.25, 0.3) is 5.91 Å². The van der Waals surface area contributed by atoms with Gasteiger partial charge in [0.05, 0.1) is 5.52 Å². The number of aryl methyl sites for hydroxylation is 2. The number of halogens is 1. The summed E-state index contributed by atoms with van der Waals surface area (Å²) in [5, 5.41) is 3.68. The molecular formula is C22H21ClN2O4. The van der Waals surface area contributed by atoms with Gasteiger partial charge in [0, 0.05) is 10.9 Å². The van der Waals surface area contributed by atoms with E-state index in [0.717, 1.165) is 22.0 Å². The van der Waals surface area contributed by atoms with Crippen LogP contribution in [-0.4, -0.2) is 30.0 Å². The van der Waals surface area contributed by atoms with Crippen molar-refractivity contribution < 1.29 is 19.1 Å². The first-order chi connectivity index (χ1) is 13.9. The van der Waals surface area contributed by atoms with Gasteiger partial charge < -0.3 is 14.8 Å². The summed E-state index contributed by atoms with van der Waals surface area (Å²) >= 11 is 6.25. The number of esters is 1. The van der Waals surface area contributed by atoms with Crippen LogP contribution in [-0.2, 0) is 20.9 Å². The Morgan fingerprint density at radius 1 is 1.10 bits per heavy atom. The van der Waals surface area contributed by atoms with Crippen molar-refractivity contribution in [3.63, 3.8) is 0 Å². The van der Waals surface area contributed by atoms with E-state index in [-0.39, 0.29) is 19.8 Å². The predicted molar refractivity (Wildman–Crippen MR) is 111 cm³/mol. The number of aromatic nitrogens is 1. The number of rotatable bonds is 7. The maximum Gasteiger partial charge on any atom is 0.325 e. The zero-order chi connectivity index (χ0) is 20.8. The molecule has 6 nitrogen and oxygen atoms in total. The quantitative estimate of drug-likeness (QED) is 0.472. The summed E-state index contributed by atoms with van der Waals surface area (Å²) in [6.07, 6.45) is 0. The minimum atomic E-state index is -0.575. The van der Waals surface area contributed by atoms with Crippen molar-refractivity contribution in [2.75, 3.05) is 13.2 Å². The number of hydrogen-bond donors (Lipinski definition) is 1. The van der Waals surface area contributed by atoms with Gasteiger partial charge >= 0.3 is 5.97 Å². The number of amides is 1. The monoisotopic (exact) mass is 412 g/mol. The highest BCUT2D eigenvalue weighted by Crippen LogP contribution is 2.25. The molecule has 0 bridgehead atoms. The summed E-state index contributed by atoms with van der Waals surface area (Å²) in [4.78, 5) is 28.1. The van der Waals surface area contributed by atoms with Crippen LogP contribution in [0.4, 0.5) is 0 Å². The number of hydrogen-bond acceptors (Lipinski definition) is 5. The van der Waals surface area contributed by atoms with Crippen LogP contribution in [0.25, 0.3) is 10.9 Å². The number of fused-ring (bicyclic) bond motifs is 1. The van der Waals surface area contributed by atoms with E-state index < -0.39 is 11.9 Å². The first kappa shape index (κ1) is 20.6. The van der Waals surface area contributed by atoms with Crippen LogP contribution in [0.2, 0.25) is 5.15 Å². The van der Waals surface area contributed by atoms with E-state index >= 15 is 0 Å². The molecule has 29 heavy (non-hydrogen) atoms. The molecule has 0 atom stereocenters. The summed E-state index contributed by atoms with van der Waals surface area (Å²) in [5.74, 6) is -0.412. The third-order valence-corrected chi connectivity index (χ3v) is 4.80. The van der Waals surface area contributed by atoms with Crippen molar-refractivity contribution in [1.29, 1.82) is 0 Å². The smallest absolute Gasteiger partial charge is 0.325 e. The number of carbonyl (C=O) groups excluding carboxylic acids is 2. The SMILES string of the molecule is Cc1ccc2cc(COC(=O)CNC(=O)COc3ccccc3)c(Cl)nc2c1C. The molecule has 0 radical (unpaired) electrons. The molecule has 1 N–H and O–H groups in total. The predicted octanol–water partition coefficient (Wildman–Crippen LogP) is 3.74. The maximum absolute atomic E-state index is 11.9. The molecule has 150 valence electrons. The van der Waals surface area contributed by atoms with E-state index in [2.05, 4.69) is 10.3 Å². The first-order valence-electron chi connectivity index (χ1n) is 9.09. The molecular weight excluding hydrogens is 392 g/mol. The molecule has 1 heterocycles. The van der Waals surface area contributed by atoms with Crippen LogP contribution in [0.1, 0.15) is 16.7 Å². The molecule has 0 unspecified atom stereocenters. The highest BCUT2D eigenvalue weighted by atomic mass is 35.5. The van der Waals surface area contributed by atoms with Crippen LogP contribution in [0.5, 0.6) is 5.75 Å². The lowest BCUT2D eigenvalue weighted by Crippen LogP contribution is -2.34. The molecule has 0 spiro atoms. The summed E-state index contributed by atoms with van der Waals surface area (Å²) in [6.45, 7) is 3.54. The Kier molecular flexibility index (Phi) is 6.67. The number of nitrogens with zero attached hydrogens (tertiary/aromatic N) is 1. The van der Waals surface area contributed by atoms with Crippen LogP contribution < -0.4 is 10.1 Å². The summed E-state index contributed by atoms with van der Waals surface area (Å²) in [5.41, 5.74) is 3.63. The number of ether oxygens (including phenoxy) is 2. The Morgan fingerprint density at radius 2 is 1.86 bits per heavy atom. The van der Waals surface area contributed by atoms with Crippen molar-refractivity contribution in [3.8, 4) is 5.75 Å². The number of nitrogens with one attached hydrogen (secondary N) is 1. The lowest BCUT2D eigenvalue weighted by atomic mass is 10.0. The molecule has 0 aliphatic carbocycles. The third kappa shape index (κ3) is 5.45. The highest BCUT2D eigenvalue weighted by molar-refractivity contribution is 6.30. The molecule has 3 rings (SSSR count). The lowest BCUT2D eigenvalue weighted by Gasteiger charge is -2.11. The standard InChI is InChI=1S/C22H21ClN2O4/c1-14-8-9-16-10-17(22(23)25-21(16)15(14)2)12-29-20(27)11-24-19(26)13-28-18-6-4-3-5-7-18/h3-10H,11-13H2,1-2H3,(H,24,26). The van der Waals surface area contributed by atoms with Gasteiger partial charge in [-0.2, -0.15) is 0 Å². The van der Waals surface area contributed by atoms with Gasteiger partial charge in [0.1, 0.15) is 24.1 Å². The molecule has 0 aliphatic rings. The van der Waals surface area contributed by atoms with Crippen LogP contribution in [0, 0.1) is 13.8 Å². The third-order valence-electron chi connectivity index (χ3n) is 4.47. The Labute approximate surface area is 173 Å². The summed E-state index contributed by atoms with van der Waals surface area (Å²) < 4.78 is 10.5. The van der Waals surface area contributed by atoms with Gasteiger partial charge in [-0.15, -0.1) is 0 Å². The Bertz CT molecular complexity index is 1040. The molecule has 0 aliphatic heterocycles. The number of para-hydroxylation sites is 1. The molecule has 7 heteroatoms. The first-order valence-corrected chi connectivity index (χ1v) is 9.47. The van der Waals surface area contributed by atoms with Gasteiger partial charge in [0.15, 0.2) is 6.61 Å². The zero-order valence-corrected chi connectivity index (χ0v) is 17.0. The van der Waals surface area contributed by atoms with E-state index in [9.17, 15) is 9.59 Å². The fourth-order valence-corrected chi connectivity index (χ4v) is 2.90. The highest BCUT2D eigenvalue weighted by Gasteiger charge is 2.12. The number of pyridine rings is 1. The minimum Gasteiger partial charge on any atom is -0.484 e. The second-order valence-corrected chi connectivity index (χ2v) is 6.91. The average Bonchev–Trinajstić information content (AvgIpc) is 2.73. The molecule has 3 aromatic rings. The van der Waals surface area contributed by atoms with E-state index in [0.29, 0.717) is 16.5 Å². The van der Waals surface area contributed by atoms with Gasteiger partial charge in [-0.3, -0.25) is 9.59 Å². The number of benzene rings is 2. The summed E-state index contributed by atoms with van der Waals surface area (Å²) in [6, 6.07) is 14.8. The van der Waals surface area contributed by atoms with E-state index in [1.807, 2.05) is 38.1 Å². The molecule has 2 aromatic carbocycles. The lowest BCUT2D eigenvalue weighted by molar-refractivity contribution is -0.145. The zero-order valence-electron chi connectivity index (χ0n) is 16.2. The molecule has 0 saturated heterocycles. The minimum absolute atomic E-state index is 0.0239. The van der Waals surface area contributed by atoms with E-state index in [1.54, 1.807) is 24.3 Å². The Balaban J connectivity index is 1.49. The van der Waals surface area contributed by atoms with E-state index in [4.69, 9.17) is 21.1 Å². The van der Waals surface area contributed by atoms with Crippen LogP contribution >= 0.6 is 11.6 Å². The molecule has 1 amide bonds. The Morgan fingerprint density at radius 3 is 2.62 bits per heavy atom. The largest absolute Gasteiger partial charge is 0.484 e. The summed E-state index contributed by atoms with van der Waals surface area (Å²) in [7, 11) is 0. The van der Waals surface area contributed by atoms with Crippen molar-refractivity contribution in [1.82, 2.24) is 10.3 Å². The fraction of sp³-hybridized carbons (Fsp3) is 0.227. The van der Waals surface area contributed by atoms with Gasteiger partial charge in [-0.05, 0) is 43.2 Å². The van der Waals surface area contributed by atoms with Crippen molar-refractivity contribution >= 4 is 34.4 Å². The second-order valence-electron chi connectivity index (χ2n) is 6.56. The molecule has 0 fully saturated rings.